The van der Waals surface area contributed by atoms with Crippen LogP contribution in [0.1, 0.15) is 342 Å². The number of esters is 3. The molecule has 476 valence electrons. The van der Waals surface area contributed by atoms with Gasteiger partial charge in [-0.1, -0.05) is 342 Å². The van der Waals surface area contributed by atoms with E-state index in [1.165, 1.54) is 193 Å². The Labute approximate surface area is 514 Å². The lowest BCUT2D eigenvalue weighted by Crippen LogP contribution is -2.30. The van der Waals surface area contributed by atoms with Gasteiger partial charge in [-0.25, -0.2) is 0 Å². The van der Waals surface area contributed by atoms with Gasteiger partial charge in [-0.05, 0) is 89.9 Å². The normalized spacial score (nSPS) is 12.8. The van der Waals surface area contributed by atoms with E-state index < -0.39 is 12.1 Å². The number of hydrogen-bond donors (Lipinski definition) is 0. The Balaban J connectivity index is 4.22. The van der Waals surface area contributed by atoms with Crippen molar-refractivity contribution in [2.24, 2.45) is 0 Å². The van der Waals surface area contributed by atoms with Crippen molar-refractivity contribution in [3.05, 3.63) is 109 Å². The van der Waals surface area contributed by atoms with Crippen molar-refractivity contribution in [2.45, 2.75) is 348 Å². The first-order chi connectivity index (χ1) is 41.0. The molecule has 0 aliphatic heterocycles. The average molecular weight is 1150 g/mol. The zero-order valence-electron chi connectivity index (χ0n) is 54.7. The number of rotatable bonds is 64. The summed E-state index contributed by atoms with van der Waals surface area (Å²) in [5.41, 5.74) is 0. The van der Waals surface area contributed by atoms with Crippen LogP contribution in [0.25, 0.3) is 0 Å². The Morgan fingerprint density at radius 1 is 0.253 bits per heavy atom. The molecule has 6 nitrogen and oxygen atoms in total. The zero-order chi connectivity index (χ0) is 59.9. The van der Waals surface area contributed by atoms with Crippen LogP contribution in [0.3, 0.4) is 0 Å². The number of allylic oxidation sites excluding steroid dienone is 18. The third-order valence-corrected chi connectivity index (χ3v) is 15.3. The van der Waals surface area contributed by atoms with Crippen molar-refractivity contribution >= 4 is 17.9 Å². The van der Waals surface area contributed by atoms with Gasteiger partial charge in [0.25, 0.3) is 0 Å². The summed E-state index contributed by atoms with van der Waals surface area (Å²) in [6.45, 7) is 6.36. The molecule has 0 aromatic carbocycles. The Hall–Kier alpha value is -3.93. The maximum absolute atomic E-state index is 12.9. The summed E-state index contributed by atoms with van der Waals surface area (Å²) >= 11 is 0. The van der Waals surface area contributed by atoms with E-state index in [1.54, 1.807) is 0 Å². The third-order valence-electron chi connectivity index (χ3n) is 15.3. The molecule has 0 amide bonds. The van der Waals surface area contributed by atoms with E-state index in [9.17, 15) is 14.4 Å². The Morgan fingerprint density at radius 2 is 0.494 bits per heavy atom. The second kappa shape index (κ2) is 70.6. The summed E-state index contributed by atoms with van der Waals surface area (Å²) in [5, 5.41) is 0. The molecule has 0 spiro atoms. The summed E-state index contributed by atoms with van der Waals surface area (Å²) in [5.74, 6) is -1.02. The van der Waals surface area contributed by atoms with Crippen molar-refractivity contribution in [1.29, 1.82) is 0 Å². The van der Waals surface area contributed by atoms with Crippen LogP contribution < -0.4 is 0 Å². The van der Waals surface area contributed by atoms with Crippen molar-refractivity contribution < 1.29 is 28.6 Å². The average Bonchev–Trinajstić information content (AvgIpc) is 3.49. The Bertz CT molecular complexity index is 1660. The number of carbonyl (C=O) groups excluding carboxylic acids is 3. The highest BCUT2D eigenvalue weighted by molar-refractivity contribution is 5.71. The largest absolute Gasteiger partial charge is 0.462 e. The van der Waals surface area contributed by atoms with E-state index in [1.807, 2.05) is 6.08 Å². The van der Waals surface area contributed by atoms with Crippen molar-refractivity contribution in [3.8, 4) is 0 Å². The SMILES string of the molecule is CC/C=C\C/C=C\C/C=C\C/C=C\C/C=C\C/C=C\CCC(=O)OC(COC(=O)CCCCC/C=C\C/C=C\C/C=C\CC)COC(=O)CCCCCCCCCCCCCCCCCCCCCCCCCCCCCCCCCCC. The molecule has 83 heavy (non-hydrogen) atoms. The standard InChI is InChI=1S/C77H132O6/c1-4-7-10-13-16-19-22-25-27-29-31-32-33-34-35-36-37-38-39-40-41-42-43-44-46-47-49-52-55-58-61-64-67-70-76(79)82-73-74(72-81-75(78)69-66-63-60-57-54-51-24-21-18-15-12-9-6-3)83-77(80)71-68-65-62-59-56-53-50-48-45-30-28-26-23-20-17-14-11-8-5-2/h8-9,11-12,17-18,20-21,26,28,45,48,51,53-54,56,62,65,74H,4-7,10,13-16,19,22-25,27,29-44,46-47,49-50,52,55,57-61,63-64,66-73H2,1-3H3/b11-8-,12-9-,20-17-,21-18-,28-26-,48-45-,54-51-,56-53-,65-62-. The van der Waals surface area contributed by atoms with Crippen LogP contribution in [-0.2, 0) is 28.6 Å². The first-order valence-corrected chi connectivity index (χ1v) is 35.4. The van der Waals surface area contributed by atoms with Crippen LogP contribution in [0, 0.1) is 0 Å². The van der Waals surface area contributed by atoms with Crippen molar-refractivity contribution in [1.82, 2.24) is 0 Å². The molecule has 0 saturated heterocycles. The van der Waals surface area contributed by atoms with Crippen LogP contribution in [0.15, 0.2) is 109 Å². The lowest BCUT2D eigenvalue weighted by molar-refractivity contribution is -0.166. The van der Waals surface area contributed by atoms with E-state index in [2.05, 4.69) is 124 Å². The van der Waals surface area contributed by atoms with Gasteiger partial charge in [0, 0.05) is 19.3 Å². The fraction of sp³-hybridized carbons (Fsp3) is 0.727. The van der Waals surface area contributed by atoms with Crippen LogP contribution in [-0.4, -0.2) is 37.2 Å². The van der Waals surface area contributed by atoms with Gasteiger partial charge in [0.15, 0.2) is 6.10 Å². The van der Waals surface area contributed by atoms with Gasteiger partial charge in [0.05, 0.1) is 0 Å². The maximum atomic E-state index is 12.9. The minimum absolute atomic E-state index is 0.117. The molecule has 0 N–H and O–H groups in total. The number of carbonyl (C=O) groups is 3. The molecule has 0 radical (unpaired) electrons. The Kier molecular flexibility index (Phi) is 67.2. The molecule has 0 aliphatic rings. The molecule has 0 fully saturated rings. The molecular weight excluding hydrogens is 1020 g/mol. The van der Waals surface area contributed by atoms with E-state index in [-0.39, 0.29) is 31.6 Å². The van der Waals surface area contributed by atoms with E-state index >= 15 is 0 Å². The van der Waals surface area contributed by atoms with E-state index in [4.69, 9.17) is 14.2 Å². The van der Waals surface area contributed by atoms with Crippen LogP contribution in [0.2, 0.25) is 0 Å². The second-order valence-electron chi connectivity index (χ2n) is 23.4. The molecule has 0 rings (SSSR count). The van der Waals surface area contributed by atoms with E-state index in [0.717, 1.165) is 103 Å². The molecule has 0 aromatic rings. The highest BCUT2D eigenvalue weighted by atomic mass is 16.6. The van der Waals surface area contributed by atoms with Crippen LogP contribution in [0.4, 0.5) is 0 Å². The first kappa shape index (κ1) is 79.1. The minimum atomic E-state index is -0.833. The van der Waals surface area contributed by atoms with Gasteiger partial charge < -0.3 is 14.2 Å². The lowest BCUT2D eigenvalue weighted by Gasteiger charge is -2.18. The van der Waals surface area contributed by atoms with Crippen LogP contribution >= 0.6 is 0 Å². The first-order valence-electron chi connectivity index (χ1n) is 35.4. The lowest BCUT2D eigenvalue weighted by atomic mass is 10.0. The third kappa shape index (κ3) is 68.7. The fourth-order valence-corrected chi connectivity index (χ4v) is 10.1. The smallest absolute Gasteiger partial charge is 0.306 e. The van der Waals surface area contributed by atoms with Gasteiger partial charge in [-0.2, -0.15) is 0 Å². The summed E-state index contributed by atoms with van der Waals surface area (Å²) in [6.07, 6.45) is 97.4. The van der Waals surface area contributed by atoms with Crippen LogP contribution in [0.5, 0.6) is 0 Å². The maximum Gasteiger partial charge on any atom is 0.306 e. The van der Waals surface area contributed by atoms with Gasteiger partial charge >= 0.3 is 17.9 Å². The number of unbranched alkanes of at least 4 members (excludes halogenated alkanes) is 35. The van der Waals surface area contributed by atoms with Crippen molar-refractivity contribution in [3.63, 3.8) is 0 Å². The molecule has 0 heterocycles. The topological polar surface area (TPSA) is 78.9 Å². The van der Waals surface area contributed by atoms with Gasteiger partial charge in [0.2, 0.25) is 0 Å². The number of hydrogen-bond acceptors (Lipinski definition) is 6. The molecule has 0 bridgehead atoms. The van der Waals surface area contributed by atoms with E-state index in [0.29, 0.717) is 19.3 Å². The minimum Gasteiger partial charge on any atom is -0.462 e. The Morgan fingerprint density at radius 3 is 0.783 bits per heavy atom. The highest BCUT2D eigenvalue weighted by Gasteiger charge is 2.19. The monoisotopic (exact) mass is 1150 g/mol. The molecule has 0 aromatic heterocycles. The van der Waals surface area contributed by atoms with Gasteiger partial charge in [-0.3, -0.25) is 14.4 Å². The van der Waals surface area contributed by atoms with Gasteiger partial charge in [0.1, 0.15) is 13.2 Å². The summed E-state index contributed by atoms with van der Waals surface area (Å²) in [4.78, 5) is 38.3. The molecule has 6 heteroatoms. The van der Waals surface area contributed by atoms with Crippen molar-refractivity contribution in [2.75, 3.05) is 13.2 Å². The molecule has 0 aliphatic carbocycles. The summed E-state index contributed by atoms with van der Waals surface area (Å²) < 4.78 is 16.8. The fourth-order valence-electron chi connectivity index (χ4n) is 10.1. The highest BCUT2D eigenvalue weighted by Crippen LogP contribution is 2.18. The predicted molar refractivity (Wildman–Crippen MR) is 362 cm³/mol. The van der Waals surface area contributed by atoms with Gasteiger partial charge in [-0.15, -0.1) is 0 Å². The predicted octanol–water partition coefficient (Wildman–Crippen LogP) is 24.6. The molecular formula is C77H132O6. The zero-order valence-corrected chi connectivity index (χ0v) is 54.7. The molecule has 1 atom stereocenters. The summed E-state index contributed by atoms with van der Waals surface area (Å²) in [7, 11) is 0. The second-order valence-corrected chi connectivity index (χ2v) is 23.4. The number of ether oxygens (including phenoxy) is 3. The summed E-state index contributed by atoms with van der Waals surface area (Å²) in [6, 6.07) is 0. The molecule has 1 unspecified atom stereocenters. The molecule has 0 saturated carbocycles. The quantitative estimate of drug-likeness (QED) is 0.0261.